The highest BCUT2D eigenvalue weighted by Crippen LogP contribution is 2.37. The van der Waals surface area contributed by atoms with Gasteiger partial charge in [0, 0.05) is 44.0 Å². The molecule has 0 bridgehead atoms. The van der Waals surface area contributed by atoms with E-state index in [1.54, 1.807) is 24.5 Å². The van der Waals surface area contributed by atoms with Crippen LogP contribution in [0.2, 0.25) is 0 Å². The lowest BCUT2D eigenvalue weighted by Gasteiger charge is -2.40. The highest BCUT2D eigenvalue weighted by Gasteiger charge is 2.39. The van der Waals surface area contributed by atoms with Gasteiger partial charge in [-0.1, -0.05) is 24.3 Å². The lowest BCUT2D eigenvalue weighted by atomic mass is 9.77. The predicted molar refractivity (Wildman–Crippen MR) is 126 cm³/mol. The molecular weight excluding hydrogens is 435 g/mol. The van der Waals surface area contributed by atoms with E-state index in [9.17, 15) is 9.59 Å². The molecule has 2 aliphatic rings. The second-order valence-corrected chi connectivity index (χ2v) is 8.21. The van der Waals surface area contributed by atoms with Crippen LogP contribution in [0.25, 0.3) is 0 Å². The minimum absolute atomic E-state index is 0. The number of hydrogen-bond donors (Lipinski definition) is 2. The largest absolute Gasteiger partial charge is 0.341 e. The van der Waals surface area contributed by atoms with E-state index >= 15 is 0 Å². The Kier molecular flexibility index (Phi) is 9.29. The van der Waals surface area contributed by atoms with Gasteiger partial charge in [0.15, 0.2) is 0 Å². The first-order valence-corrected chi connectivity index (χ1v) is 10.4. The van der Waals surface area contributed by atoms with Gasteiger partial charge >= 0.3 is 0 Å². The highest BCUT2D eigenvalue weighted by atomic mass is 35.5. The van der Waals surface area contributed by atoms with Gasteiger partial charge in [-0.2, -0.15) is 0 Å². The summed E-state index contributed by atoms with van der Waals surface area (Å²) >= 11 is 0. The van der Waals surface area contributed by atoms with Crippen LogP contribution >= 0.6 is 24.8 Å². The van der Waals surface area contributed by atoms with Crippen molar-refractivity contribution in [1.29, 1.82) is 0 Å². The van der Waals surface area contributed by atoms with Gasteiger partial charge in [-0.15, -0.1) is 24.8 Å². The lowest BCUT2D eigenvalue weighted by molar-refractivity contribution is -0.135. The van der Waals surface area contributed by atoms with Gasteiger partial charge < -0.3 is 15.5 Å². The molecule has 2 amide bonds. The fraction of sp³-hybridized carbons (Fsp3) is 0.435. The van der Waals surface area contributed by atoms with Crippen LogP contribution in [0.1, 0.15) is 35.2 Å². The molecule has 1 aromatic carbocycles. The first-order chi connectivity index (χ1) is 14.2. The Morgan fingerprint density at radius 2 is 1.81 bits per heavy atom. The highest BCUT2D eigenvalue weighted by molar-refractivity contribution is 5.97. The number of rotatable bonds is 5. The van der Waals surface area contributed by atoms with E-state index < -0.39 is 6.04 Å². The molecule has 168 valence electrons. The normalized spacial score (nSPS) is 17.9. The molecule has 0 aliphatic carbocycles. The molecular formula is C23H30Cl2N4O2. The lowest BCUT2D eigenvalue weighted by Crippen LogP contribution is -2.53. The number of nitrogens with zero attached hydrogens (tertiary/aromatic N) is 2. The van der Waals surface area contributed by atoms with Gasteiger partial charge in [-0.05, 0) is 55.0 Å². The summed E-state index contributed by atoms with van der Waals surface area (Å²) in [5.74, 6) is -0.222. The monoisotopic (exact) mass is 464 g/mol. The number of likely N-dealkylation sites (tertiary alicyclic amines) is 1. The molecule has 1 aromatic heterocycles. The summed E-state index contributed by atoms with van der Waals surface area (Å²) in [5, 5.41) is 6.43. The molecule has 4 rings (SSSR count). The van der Waals surface area contributed by atoms with Crippen LogP contribution in [0.3, 0.4) is 0 Å². The Hall–Kier alpha value is -2.15. The van der Waals surface area contributed by atoms with Crippen molar-refractivity contribution in [3.05, 3.63) is 66.0 Å². The Morgan fingerprint density at radius 1 is 1.06 bits per heavy atom. The van der Waals surface area contributed by atoms with E-state index in [0.717, 1.165) is 44.6 Å². The Bertz CT molecular complexity index is 835. The van der Waals surface area contributed by atoms with E-state index in [0.29, 0.717) is 17.4 Å². The van der Waals surface area contributed by atoms with Gasteiger partial charge in [0.2, 0.25) is 5.91 Å². The van der Waals surface area contributed by atoms with Gasteiger partial charge in [-0.25, -0.2) is 0 Å². The van der Waals surface area contributed by atoms with E-state index in [1.807, 2.05) is 35.2 Å². The van der Waals surface area contributed by atoms with E-state index in [4.69, 9.17) is 0 Å². The zero-order valence-corrected chi connectivity index (χ0v) is 19.1. The van der Waals surface area contributed by atoms with E-state index in [-0.39, 0.29) is 36.6 Å². The van der Waals surface area contributed by atoms with Gasteiger partial charge in [0.05, 0.1) is 0 Å². The number of halogens is 2. The number of amides is 2. The molecule has 0 saturated carbocycles. The molecule has 31 heavy (non-hydrogen) atoms. The second kappa shape index (κ2) is 11.5. The maximum atomic E-state index is 13.3. The molecule has 8 heteroatoms. The summed E-state index contributed by atoms with van der Waals surface area (Å²) in [6.45, 7) is 3.64. The van der Waals surface area contributed by atoms with Crippen molar-refractivity contribution in [2.75, 3.05) is 26.2 Å². The third-order valence-corrected chi connectivity index (χ3v) is 6.27. The number of carbonyl (C=O) groups excluding carboxylic acids is 2. The summed E-state index contributed by atoms with van der Waals surface area (Å²) in [6.07, 6.45) is 7.15. The Balaban J connectivity index is 0.00000171. The molecule has 2 fully saturated rings. The smallest absolute Gasteiger partial charge is 0.251 e. The standard InChI is InChI=1S/C23H28N4O2.2ClH/c28-21(19-6-2-1-3-7-19)26-20(15-18-5-4-11-24-16-18)22(29)27-13-9-23(10-14-27)8-12-25-17-23;;/h1-7,11,16,20,25H,8-10,12-15,17H2,(H,26,28);2*1H. The number of pyridine rings is 1. The number of piperidine rings is 1. The minimum atomic E-state index is -0.595. The number of aromatic nitrogens is 1. The van der Waals surface area contributed by atoms with Crippen LogP contribution in [0.15, 0.2) is 54.9 Å². The van der Waals surface area contributed by atoms with Crippen molar-refractivity contribution in [3.8, 4) is 0 Å². The summed E-state index contributed by atoms with van der Waals surface area (Å²) < 4.78 is 0. The van der Waals surface area contributed by atoms with Crippen LogP contribution in [0.5, 0.6) is 0 Å². The fourth-order valence-corrected chi connectivity index (χ4v) is 4.43. The summed E-state index contributed by atoms with van der Waals surface area (Å²) in [4.78, 5) is 32.2. The van der Waals surface area contributed by atoms with Crippen molar-refractivity contribution in [3.63, 3.8) is 0 Å². The van der Waals surface area contributed by atoms with Crippen molar-refractivity contribution in [1.82, 2.24) is 20.5 Å². The van der Waals surface area contributed by atoms with Gasteiger partial charge in [-0.3, -0.25) is 14.6 Å². The second-order valence-electron chi connectivity index (χ2n) is 8.21. The Labute approximate surface area is 196 Å². The molecule has 0 radical (unpaired) electrons. The van der Waals surface area contributed by atoms with Crippen molar-refractivity contribution < 1.29 is 9.59 Å². The topological polar surface area (TPSA) is 74.3 Å². The van der Waals surface area contributed by atoms with Crippen LogP contribution in [0, 0.1) is 5.41 Å². The summed E-state index contributed by atoms with van der Waals surface area (Å²) in [5.41, 5.74) is 1.85. The maximum absolute atomic E-state index is 13.3. The number of carbonyl (C=O) groups is 2. The number of hydrogen-bond acceptors (Lipinski definition) is 4. The van der Waals surface area contributed by atoms with Crippen molar-refractivity contribution in [2.45, 2.75) is 31.7 Å². The maximum Gasteiger partial charge on any atom is 0.251 e. The first kappa shape index (κ1) is 25.1. The van der Waals surface area contributed by atoms with Crippen LogP contribution in [0.4, 0.5) is 0 Å². The van der Waals surface area contributed by atoms with E-state index in [2.05, 4.69) is 15.6 Å². The number of benzene rings is 1. The van der Waals surface area contributed by atoms with Crippen molar-refractivity contribution in [2.24, 2.45) is 5.41 Å². The third-order valence-electron chi connectivity index (χ3n) is 6.27. The average molecular weight is 465 g/mol. The molecule has 6 nitrogen and oxygen atoms in total. The Morgan fingerprint density at radius 3 is 2.42 bits per heavy atom. The van der Waals surface area contributed by atoms with Crippen molar-refractivity contribution >= 4 is 36.6 Å². The third kappa shape index (κ3) is 6.19. The molecule has 1 spiro atoms. The molecule has 2 saturated heterocycles. The first-order valence-electron chi connectivity index (χ1n) is 10.4. The quantitative estimate of drug-likeness (QED) is 0.713. The average Bonchev–Trinajstić information content (AvgIpc) is 3.22. The SMILES string of the molecule is Cl.Cl.O=C(NC(Cc1cccnc1)C(=O)N1CCC2(CCNC2)CC1)c1ccccc1. The number of nitrogens with one attached hydrogen (secondary N) is 2. The van der Waals surface area contributed by atoms with Crippen LogP contribution in [-0.4, -0.2) is 53.9 Å². The summed E-state index contributed by atoms with van der Waals surface area (Å²) in [7, 11) is 0. The molecule has 2 aromatic rings. The molecule has 3 heterocycles. The summed E-state index contributed by atoms with van der Waals surface area (Å²) in [6, 6.07) is 12.3. The van der Waals surface area contributed by atoms with Gasteiger partial charge in [0.25, 0.3) is 5.91 Å². The molecule has 1 atom stereocenters. The van der Waals surface area contributed by atoms with Crippen LogP contribution in [-0.2, 0) is 11.2 Å². The van der Waals surface area contributed by atoms with Crippen LogP contribution < -0.4 is 10.6 Å². The minimum Gasteiger partial charge on any atom is -0.341 e. The van der Waals surface area contributed by atoms with E-state index in [1.165, 1.54) is 6.42 Å². The zero-order valence-electron chi connectivity index (χ0n) is 17.5. The molecule has 2 N–H and O–H groups in total. The molecule has 1 unspecified atom stereocenters. The zero-order chi connectivity index (χ0) is 20.1. The predicted octanol–water partition coefficient (Wildman–Crippen LogP) is 2.87. The van der Waals surface area contributed by atoms with Gasteiger partial charge in [0.1, 0.15) is 6.04 Å². The fourth-order valence-electron chi connectivity index (χ4n) is 4.43. The molecule has 2 aliphatic heterocycles.